The predicted octanol–water partition coefficient (Wildman–Crippen LogP) is 1.92. The molecular weight excluding hydrogens is 316 g/mol. The van der Waals surface area contributed by atoms with Gasteiger partial charge in [0.15, 0.2) is 0 Å². The summed E-state index contributed by atoms with van der Waals surface area (Å²) in [4.78, 5) is 17.2. The molecule has 0 unspecified atom stereocenters. The number of piperazine rings is 1. The van der Waals surface area contributed by atoms with Crippen molar-refractivity contribution in [2.45, 2.75) is 39.7 Å². The fourth-order valence-corrected chi connectivity index (χ4v) is 3.48. The van der Waals surface area contributed by atoms with Crippen LogP contribution in [0.3, 0.4) is 0 Å². The first kappa shape index (κ1) is 18.2. The minimum Gasteiger partial charge on any atom is -0.337 e. The minimum absolute atomic E-state index is 0.133. The zero-order chi connectivity index (χ0) is 18.0. The lowest BCUT2D eigenvalue weighted by molar-refractivity contribution is 0.130. The molecular formula is C18H32N6O. The molecule has 7 nitrogen and oxygen atoms in total. The van der Waals surface area contributed by atoms with Crippen molar-refractivity contribution in [3.8, 4) is 0 Å². The molecule has 2 heterocycles. The molecule has 2 fully saturated rings. The number of amides is 2. The fraction of sp³-hybridized carbons (Fsp3) is 0.778. The van der Waals surface area contributed by atoms with E-state index in [2.05, 4.69) is 46.4 Å². The fourth-order valence-electron chi connectivity index (χ4n) is 3.48. The second-order valence-electron chi connectivity index (χ2n) is 8.10. The monoisotopic (exact) mass is 348 g/mol. The molecule has 1 saturated carbocycles. The summed E-state index contributed by atoms with van der Waals surface area (Å²) in [7, 11) is 2.18. The first-order valence-corrected chi connectivity index (χ1v) is 9.39. The summed E-state index contributed by atoms with van der Waals surface area (Å²) in [6.45, 7) is 12.5. The summed E-state index contributed by atoms with van der Waals surface area (Å²) in [5.41, 5.74) is 1.19. The van der Waals surface area contributed by atoms with Crippen molar-refractivity contribution >= 4 is 11.8 Å². The van der Waals surface area contributed by atoms with Crippen molar-refractivity contribution in [1.29, 1.82) is 0 Å². The van der Waals surface area contributed by atoms with Gasteiger partial charge in [0, 0.05) is 56.8 Å². The molecule has 3 rings (SSSR count). The molecule has 140 valence electrons. The molecule has 0 bridgehead atoms. The van der Waals surface area contributed by atoms with Crippen LogP contribution >= 0.6 is 0 Å². The van der Waals surface area contributed by atoms with Crippen molar-refractivity contribution in [3.05, 3.63) is 11.8 Å². The van der Waals surface area contributed by atoms with Crippen LogP contribution in [0.4, 0.5) is 10.6 Å². The second kappa shape index (κ2) is 7.33. The molecule has 0 aromatic carbocycles. The van der Waals surface area contributed by atoms with Crippen molar-refractivity contribution < 1.29 is 4.79 Å². The quantitative estimate of drug-likeness (QED) is 0.824. The maximum Gasteiger partial charge on any atom is 0.320 e. The SMILES string of the molecule is Cc1cc(NC(=O)NCC2(CN3CCN(C)CC3)CC2)n(C(C)C)n1. The topological polar surface area (TPSA) is 65.4 Å². The maximum atomic E-state index is 12.3. The zero-order valence-corrected chi connectivity index (χ0v) is 16.0. The number of hydrogen-bond donors (Lipinski definition) is 2. The first-order chi connectivity index (χ1) is 11.9. The smallest absolute Gasteiger partial charge is 0.320 e. The third-order valence-corrected chi connectivity index (χ3v) is 5.32. The normalized spacial score (nSPS) is 20.7. The van der Waals surface area contributed by atoms with Crippen LogP contribution in [0.2, 0.25) is 0 Å². The van der Waals surface area contributed by atoms with Crippen LogP contribution < -0.4 is 10.6 Å². The summed E-state index contributed by atoms with van der Waals surface area (Å²) in [6, 6.07) is 2.00. The van der Waals surface area contributed by atoms with Gasteiger partial charge in [-0.3, -0.25) is 5.32 Å². The van der Waals surface area contributed by atoms with Crippen LogP contribution in [0.5, 0.6) is 0 Å². The lowest BCUT2D eigenvalue weighted by Crippen LogP contribution is -2.48. The van der Waals surface area contributed by atoms with Gasteiger partial charge in [-0.1, -0.05) is 0 Å². The Morgan fingerprint density at radius 3 is 2.56 bits per heavy atom. The number of urea groups is 1. The summed E-state index contributed by atoms with van der Waals surface area (Å²) in [5.74, 6) is 0.758. The molecule has 25 heavy (non-hydrogen) atoms. The number of hydrogen-bond acceptors (Lipinski definition) is 4. The van der Waals surface area contributed by atoms with Crippen LogP contribution in [0.25, 0.3) is 0 Å². The zero-order valence-electron chi connectivity index (χ0n) is 16.0. The Morgan fingerprint density at radius 2 is 1.96 bits per heavy atom. The number of carbonyl (C=O) groups is 1. The van der Waals surface area contributed by atoms with Gasteiger partial charge >= 0.3 is 6.03 Å². The number of likely N-dealkylation sites (N-methyl/N-ethyl adjacent to an activating group) is 1. The van der Waals surface area contributed by atoms with E-state index in [1.165, 1.54) is 12.8 Å². The van der Waals surface area contributed by atoms with E-state index in [1.54, 1.807) is 0 Å². The maximum absolute atomic E-state index is 12.3. The van der Waals surface area contributed by atoms with Crippen molar-refractivity contribution in [2.75, 3.05) is 51.6 Å². The number of aromatic nitrogens is 2. The van der Waals surface area contributed by atoms with E-state index in [0.717, 1.165) is 50.8 Å². The van der Waals surface area contributed by atoms with Gasteiger partial charge in [0.2, 0.25) is 0 Å². The van der Waals surface area contributed by atoms with E-state index in [4.69, 9.17) is 0 Å². The average Bonchev–Trinajstić information content (AvgIpc) is 3.22. The molecule has 0 spiro atoms. The highest BCUT2D eigenvalue weighted by atomic mass is 16.2. The van der Waals surface area contributed by atoms with Crippen LogP contribution in [0.15, 0.2) is 6.07 Å². The van der Waals surface area contributed by atoms with Crippen LogP contribution in [-0.2, 0) is 0 Å². The second-order valence-corrected chi connectivity index (χ2v) is 8.10. The van der Waals surface area contributed by atoms with Crippen molar-refractivity contribution in [3.63, 3.8) is 0 Å². The Labute approximate surface area is 150 Å². The molecule has 2 N–H and O–H groups in total. The number of rotatable bonds is 6. The Bertz CT molecular complexity index is 599. The number of nitrogens with one attached hydrogen (secondary N) is 2. The highest BCUT2D eigenvalue weighted by molar-refractivity contribution is 5.88. The third kappa shape index (κ3) is 4.73. The van der Waals surface area contributed by atoms with E-state index in [-0.39, 0.29) is 17.5 Å². The lowest BCUT2D eigenvalue weighted by Gasteiger charge is -2.34. The van der Waals surface area contributed by atoms with E-state index in [0.29, 0.717) is 0 Å². The van der Waals surface area contributed by atoms with E-state index in [1.807, 2.05) is 17.7 Å². The summed E-state index contributed by atoms with van der Waals surface area (Å²) in [5, 5.41) is 10.5. The Balaban J connectivity index is 1.47. The standard InChI is InChI=1S/C18H32N6O/c1-14(2)24-16(11-15(3)21-24)20-17(25)19-12-18(5-6-18)13-23-9-7-22(4)8-10-23/h11,14H,5-10,12-13H2,1-4H3,(H2,19,20,25). The largest absolute Gasteiger partial charge is 0.337 e. The summed E-state index contributed by atoms with van der Waals surface area (Å²) in [6.07, 6.45) is 2.42. The van der Waals surface area contributed by atoms with E-state index < -0.39 is 0 Å². The predicted molar refractivity (Wildman–Crippen MR) is 100.0 cm³/mol. The Hall–Kier alpha value is -1.60. The van der Waals surface area contributed by atoms with Crippen LogP contribution in [0, 0.1) is 12.3 Å². The molecule has 1 saturated heterocycles. The Kier molecular flexibility index (Phi) is 5.34. The van der Waals surface area contributed by atoms with Gasteiger partial charge in [0.1, 0.15) is 5.82 Å². The van der Waals surface area contributed by atoms with Gasteiger partial charge in [-0.25, -0.2) is 9.48 Å². The van der Waals surface area contributed by atoms with Gasteiger partial charge in [-0.05, 0) is 40.7 Å². The average molecular weight is 348 g/mol. The van der Waals surface area contributed by atoms with E-state index >= 15 is 0 Å². The highest BCUT2D eigenvalue weighted by Gasteiger charge is 2.44. The summed E-state index contributed by atoms with van der Waals surface area (Å²) >= 11 is 0. The lowest BCUT2D eigenvalue weighted by atomic mass is 10.1. The molecule has 1 aliphatic carbocycles. The molecule has 2 amide bonds. The van der Waals surface area contributed by atoms with Gasteiger partial charge < -0.3 is 15.1 Å². The van der Waals surface area contributed by atoms with Gasteiger partial charge in [-0.2, -0.15) is 5.10 Å². The third-order valence-electron chi connectivity index (χ3n) is 5.32. The Morgan fingerprint density at radius 1 is 1.28 bits per heavy atom. The van der Waals surface area contributed by atoms with Crippen LogP contribution in [-0.4, -0.2) is 71.9 Å². The minimum atomic E-state index is -0.133. The van der Waals surface area contributed by atoms with Gasteiger partial charge in [0.05, 0.1) is 5.69 Å². The first-order valence-electron chi connectivity index (χ1n) is 9.39. The molecule has 0 atom stereocenters. The van der Waals surface area contributed by atoms with Gasteiger partial charge in [0.25, 0.3) is 0 Å². The van der Waals surface area contributed by atoms with Gasteiger partial charge in [-0.15, -0.1) is 0 Å². The molecule has 7 heteroatoms. The number of carbonyl (C=O) groups excluding carboxylic acids is 1. The number of aryl methyl sites for hydroxylation is 1. The van der Waals surface area contributed by atoms with Crippen molar-refractivity contribution in [2.24, 2.45) is 5.41 Å². The highest BCUT2D eigenvalue weighted by Crippen LogP contribution is 2.45. The number of anilines is 1. The van der Waals surface area contributed by atoms with E-state index in [9.17, 15) is 4.79 Å². The molecule has 0 radical (unpaired) electrons. The number of nitrogens with zero attached hydrogens (tertiary/aromatic N) is 4. The molecule has 2 aliphatic rings. The molecule has 1 aromatic rings. The molecule has 1 aromatic heterocycles. The van der Waals surface area contributed by atoms with Crippen LogP contribution in [0.1, 0.15) is 38.4 Å². The molecule has 1 aliphatic heterocycles. The van der Waals surface area contributed by atoms with Crippen molar-refractivity contribution in [1.82, 2.24) is 24.9 Å². The summed E-state index contributed by atoms with van der Waals surface area (Å²) < 4.78 is 1.85.